The highest BCUT2D eigenvalue weighted by molar-refractivity contribution is 6.36. The van der Waals surface area contributed by atoms with Crippen molar-refractivity contribution in [3.63, 3.8) is 0 Å². The molecule has 1 heterocycles. The SMILES string of the molecule is O=CC1=NN(c2ccc(Cl)cc2Cl)[C@@H](c2ccc(Cl)cc2)C1. The summed E-state index contributed by atoms with van der Waals surface area (Å²) >= 11 is 18.2. The van der Waals surface area contributed by atoms with Gasteiger partial charge >= 0.3 is 0 Å². The molecule has 2 aromatic carbocycles. The van der Waals surface area contributed by atoms with Gasteiger partial charge in [0.15, 0.2) is 6.29 Å². The number of carbonyl (C=O) groups excluding carboxylic acids is 1. The number of nitrogens with zero attached hydrogens (tertiary/aromatic N) is 2. The van der Waals surface area contributed by atoms with E-state index < -0.39 is 0 Å². The van der Waals surface area contributed by atoms with Crippen molar-refractivity contribution in [1.82, 2.24) is 0 Å². The van der Waals surface area contributed by atoms with E-state index in [0.29, 0.717) is 32.9 Å². The summed E-state index contributed by atoms with van der Waals surface area (Å²) < 4.78 is 0. The molecule has 2 aromatic rings. The molecule has 1 atom stereocenters. The lowest BCUT2D eigenvalue weighted by molar-refractivity contribution is -0.102. The molecule has 1 aliphatic rings. The number of rotatable bonds is 3. The van der Waals surface area contributed by atoms with Gasteiger partial charge in [-0.1, -0.05) is 46.9 Å². The first kappa shape index (κ1) is 15.3. The van der Waals surface area contributed by atoms with Gasteiger partial charge < -0.3 is 0 Å². The summed E-state index contributed by atoms with van der Waals surface area (Å²) in [7, 11) is 0. The van der Waals surface area contributed by atoms with E-state index in [4.69, 9.17) is 34.8 Å². The number of aldehydes is 1. The van der Waals surface area contributed by atoms with Crippen molar-refractivity contribution in [2.24, 2.45) is 5.10 Å². The molecular weight excluding hydrogens is 343 g/mol. The van der Waals surface area contributed by atoms with Crippen molar-refractivity contribution < 1.29 is 4.79 Å². The number of carbonyl (C=O) groups is 1. The minimum atomic E-state index is -0.101. The summed E-state index contributed by atoms with van der Waals surface area (Å²) in [6.07, 6.45) is 1.29. The molecular formula is C16H11Cl3N2O. The van der Waals surface area contributed by atoms with E-state index in [1.54, 1.807) is 23.2 Å². The molecule has 0 unspecified atom stereocenters. The maximum Gasteiger partial charge on any atom is 0.166 e. The normalized spacial score (nSPS) is 17.5. The first-order chi connectivity index (χ1) is 10.6. The second kappa shape index (κ2) is 6.29. The van der Waals surface area contributed by atoms with Gasteiger partial charge in [0, 0.05) is 16.5 Å². The van der Waals surface area contributed by atoms with Crippen LogP contribution in [-0.4, -0.2) is 12.0 Å². The van der Waals surface area contributed by atoms with Crippen LogP contribution in [0.2, 0.25) is 15.1 Å². The van der Waals surface area contributed by atoms with Gasteiger partial charge in [0.1, 0.15) is 5.71 Å². The van der Waals surface area contributed by atoms with Crippen LogP contribution in [0.5, 0.6) is 0 Å². The molecule has 0 spiro atoms. The fourth-order valence-corrected chi connectivity index (χ4v) is 3.06. The first-order valence-corrected chi connectivity index (χ1v) is 7.74. The zero-order chi connectivity index (χ0) is 15.7. The largest absolute Gasteiger partial charge is 0.296 e. The van der Waals surface area contributed by atoms with Crippen LogP contribution < -0.4 is 5.01 Å². The summed E-state index contributed by atoms with van der Waals surface area (Å²) in [4.78, 5) is 11.1. The predicted molar refractivity (Wildman–Crippen MR) is 91.3 cm³/mol. The number of hydrogen-bond donors (Lipinski definition) is 0. The Bertz CT molecular complexity index is 744. The molecule has 3 rings (SSSR count). The number of halogens is 3. The Hall–Kier alpha value is -1.55. The molecule has 0 radical (unpaired) electrons. The van der Waals surface area contributed by atoms with Gasteiger partial charge in [0.2, 0.25) is 0 Å². The Kier molecular flexibility index (Phi) is 4.39. The van der Waals surface area contributed by atoms with Crippen LogP contribution >= 0.6 is 34.8 Å². The van der Waals surface area contributed by atoms with Gasteiger partial charge in [0.25, 0.3) is 0 Å². The Morgan fingerprint density at radius 2 is 1.73 bits per heavy atom. The van der Waals surface area contributed by atoms with E-state index in [2.05, 4.69) is 5.10 Å². The summed E-state index contributed by atoms with van der Waals surface area (Å²) in [6, 6.07) is 12.6. The zero-order valence-corrected chi connectivity index (χ0v) is 13.6. The van der Waals surface area contributed by atoms with Gasteiger partial charge in [-0.3, -0.25) is 9.80 Å². The minimum Gasteiger partial charge on any atom is -0.296 e. The summed E-state index contributed by atoms with van der Waals surface area (Å²) in [5, 5.41) is 7.83. The van der Waals surface area contributed by atoms with E-state index >= 15 is 0 Å². The smallest absolute Gasteiger partial charge is 0.166 e. The number of hydrogen-bond acceptors (Lipinski definition) is 3. The van der Waals surface area contributed by atoms with Gasteiger partial charge in [-0.25, -0.2) is 0 Å². The van der Waals surface area contributed by atoms with Crippen LogP contribution in [0.3, 0.4) is 0 Å². The molecule has 112 valence electrons. The minimum absolute atomic E-state index is 0.101. The molecule has 0 aliphatic carbocycles. The molecule has 0 amide bonds. The Morgan fingerprint density at radius 3 is 2.36 bits per heavy atom. The second-order valence-corrected chi connectivity index (χ2v) is 6.20. The maximum atomic E-state index is 11.1. The first-order valence-electron chi connectivity index (χ1n) is 6.61. The second-order valence-electron chi connectivity index (χ2n) is 4.92. The average molecular weight is 354 g/mol. The molecule has 0 saturated carbocycles. The summed E-state index contributed by atoms with van der Waals surface area (Å²) in [6.45, 7) is 0. The van der Waals surface area contributed by atoms with Crippen molar-refractivity contribution in [2.75, 3.05) is 5.01 Å². The highest BCUT2D eigenvalue weighted by Gasteiger charge is 2.30. The molecule has 6 heteroatoms. The van der Waals surface area contributed by atoms with E-state index in [1.807, 2.05) is 24.3 Å². The molecule has 0 bridgehead atoms. The van der Waals surface area contributed by atoms with Crippen LogP contribution in [0.25, 0.3) is 0 Å². The fraction of sp³-hybridized carbons (Fsp3) is 0.125. The van der Waals surface area contributed by atoms with Gasteiger partial charge in [-0.2, -0.15) is 5.10 Å². The fourth-order valence-electron chi connectivity index (χ4n) is 2.44. The van der Waals surface area contributed by atoms with Gasteiger partial charge in [-0.05, 0) is 35.9 Å². The molecule has 1 aliphatic heterocycles. The van der Waals surface area contributed by atoms with Crippen LogP contribution in [-0.2, 0) is 4.79 Å². The molecule has 0 saturated heterocycles. The van der Waals surface area contributed by atoms with E-state index in [0.717, 1.165) is 11.8 Å². The van der Waals surface area contributed by atoms with E-state index in [9.17, 15) is 4.79 Å². The Labute approximate surface area is 143 Å². The van der Waals surface area contributed by atoms with Crippen molar-refractivity contribution in [3.8, 4) is 0 Å². The quantitative estimate of drug-likeness (QED) is 0.715. The third-order valence-corrected chi connectivity index (χ3v) is 4.27. The Balaban J connectivity index is 2.02. The number of benzene rings is 2. The predicted octanol–water partition coefficient (Wildman–Crippen LogP) is 5.15. The van der Waals surface area contributed by atoms with Crippen LogP contribution in [0, 0.1) is 0 Å². The molecule has 3 nitrogen and oxygen atoms in total. The Morgan fingerprint density at radius 1 is 1.05 bits per heavy atom. The standard InChI is InChI=1S/C16H11Cl3N2O/c17-11-3-1-10(2-4-11)16-8-13(9-22)20-21(16)15-6-5-12(18)7-14(15)19/h1-7,9,16H,8H2/t16-/m1/s1. The maximum absolute atomic E-state index is 11.1. The van der Waals surface area contributed by atoms with E-state index in [-0.39, 0.29) is 6.04 Å². The van der Waals surface area contributed by atoms with Crippen molar-refractivity contribution in [2.45, 2.75) is 12.5 Å². The third-order valence-electron chi connectivity index (χ3n) is 3.48. The topological polar surface area (TPSA) is 32.7 Å². The molecule has 0 aromatic heterocycles. The van der Waals surface area contributed by atoms with Gasteiger partial charge in [0.05, 0.1) is 16.8 Å². The lowest BCUT2D eigenvalue weighted by atomic mass is 10.0. The van der Waals surface area contributed by atoms with Crippen molar-refractivity contribution in [1.29, 1.82) is 0 Å². The average Bonchev–Trinajstić information content (AvgIpc) is 2.92. The number of anilines is 1. The van der Waals surface area contributed by atoms with Crippen LogP contribution in [0.15, 0.2) is 47.6 Å². The highest BCUT2D eigenvalue weighted by Crippen LogP contribution is 2.39. The monoisotopic (exact) mass is 352 g/mol. The van der Waals surface area contributed by atoms with Gasteiger partial charge in [-0.15, -0.1) is 0 Å². The van der Waals surface area contributed by atoms with Crippen LogP contribution in [0.1, 0.15) is 18.0 Å². The summed E-state index contributed by atoms with van der Waals surface area (Å²) in [5.41, 5.74) is 2.20. The third kappa shape index (κ3) is 2.98. The van der Waals surface area contributed by atoms with E-state index in [1.165, 1.54) is 0 Å². The zero-order valence-electron chi connectivity index (χ0n) is 11.3. The molecule has 0 N–H and O–H groups in total. The van der Waals surface area contributed by atoms with Crippen LogP contribution in [0.4, 0.5) is 5.69 Å². The highest BCUT2D eigenvalue weighted by atomic mass is 35.5. The lowest BCUT2D eigenvalue weighted by Crippen LogP contribution is -2.18. The molecule has 0 fully saturated rings. The van der Waals surface area contributed by atoms with Crippen molar-refractivity contribution in [3.05, 3.63) is 63.1 Å². The van der Waals surface area contributed by atoms with Crippen molar-refractivity contribution >= 4 is 52.5 Å². The summed E-state index contributed by atoms with van der Waals surface area (Å²) in [5.74, 6) is 0. The number of hydrazone groups is 1. The molecule has 22 heavy (non-hydrogen) atoms. The lowest BCUT2D eigenvalue weighted by Gasteiger charge is -2.25.